The number of pyridine rings is 1. The molecule has 6 N–H and O–H groups in total. The summed E-state index contributed by atoms with van der Waals surface area (Å²) in [4.78, 5) is 36.4. The van der Waals surface area contributed by atoms with Gasteiger partial charge in [0.25, 0.3) is 0 Å². The van der Waals surface area contributed by atoms with Crippen molar-refractivity contribution in [2.45, 2.75) is 36.3 Å². The van der Waals surface area contributed by atoms with Crippen LogP contribution in [0.3, 0.4) is 0 Å². The first kappa shape index (κ1) is 37.1. The average Bonchev–Trinajstić information content (AvgIpc) is 3.31. The Balaban J connectivity index is 0.000000440. The standard InChI is InChI=1S/C23H23N5O3S.2C2HF3O2/c24-22(25)18-4-1-3-16(13-18)15-28-12-10-21(23(28)29)27-32(30,31)20-8-6-17(7-9-20)19-5-2-11-26-14-19;2*3-2(4,5)1(6)7/h1-9,11,13-14,21,27H,10,12,15H2,(H3,24,25);2*(H,6,7)/t21-;;/m0../s1. The Morgan fingerprint density at radius 3 is 2.00 bits per heavy atom. The van der Waals surface area contributed by atoms with Gasteiger partial charge in [0.1, 0.15) is 11.9 Å². The van der Waals surface area contributed by atoms with Crippen molar-refractivity contribution in [1.29, 1.82) is 5.41 Å². The number of carboxylic acid groups (broad SMARTS) is 2. The number of halogens is 6. The van der Waals surface area contributed by atoms with Crippen LogP contribution in [0.2, 0.25) is 0 Å². The van der Waals surface area contributed by atoms with E-state index in [0.717, 1.165) is 16.7 Å². The Morgan fingerprint density at radius 2 is 1.52 bits per heavy atom. The zero-order chi connectivity index (χ0) is 34.9. The predicted molar refractivity (Wildman–Crippen MR) is 149 cm³/mol. The maximum Gasteiger partial charge on any atom is 0.490 e. The van der Waals surface area contributed by atoms with E-state index in [0.29, 0.717) is 25.1 Å². The van der Waals surface area contributed by atoms with Crippen LogP contribution in [0.5, 0.6) is 0 Å². The molecule has 46 heavy (non-hydrogen) atoms. The highest BCUT2D eigenvalue weighted by Crippen LogP contribution is 2.22. The molecule has 248 valence electrons. The molecule has 2 heterocycles. The number of nitrogen functional groups attached to an aromatic ring is 1. The Kier molecular flexibility index (Phi) is 12.4. The van der Waals surface area contributed by atoms with Gasteiger partial charge in [-0.05, 0) is 47.4 Å². The fourth-order valence-corrected chi connectivity index (χ4v) is 4.90. The number of amidine groups is 1. The van der Waals surface area contributed by atoms with Crippen molar-refractivity contribution in [3.63, 3.8) is 0 Å². The van der Waals surface area contributed by atoms with E-state index in [1.807, 2.05) is 18.2 Å². The lowest BCUT2D eigenvalue weighted by Crippen LogP contribution is -2.41. The van der Waals surface area contributed by atoms with Gasteiger partial charge in [-0.3, -0.25) is 15.2 Å². The van der Waals surface area contributed by atoms with E-state index < -0.39 is 40.4 Å². The van der Waals surface area contributed by atoms with E-state index in [4.69, 9.17) is 30.9 Å². The Hall–Kier alpha value is -5.04. The Labute approximate surface area is 257 Å². The number of carbonyl (C=O) groups excluding carboxylic acids is 1. The summed E-state index contributed by atoms with van der Waals surface area (Å²) in [6, 6.07) is 16.5. The number of likely N-dealkylation sites (tertiary alicyclic amines) is 1. The molecule has 4 rings (SSSR count). The van der Waals surface area contributed by atoms with E-state index in [9.17, 15) is 39.6 Å². The molecule has 1 saturated heterocycles. The van der Waals surface area contributed by atoms with Crippen LogP contribution in [0.4, 0.5) is 26.3 Å². The molecular weight excluding hydrogens is 652 g/mol. The van der Waals surface area contributed by atoms with Gasteiger partial charge in [0.15, 0.2) is 0 Å². The van der Waals surface area contributed by atoms with Crippen molar-refractivity contribution in [2.24, 2.45) is 5.73 Å². The smallest absolute Gasteiger partial charge is 0.475 e. The van der Waals surface area contributed by atoms with Gasteiger partial charge in [0.05, 0.1) is 4.90 Å². The highest BCUT2D eigenvalue weighted by molar-refractivity contribution is 7.89. The number of sulfonamides is 1. The summed E-state index contributed by atoms with van der Waals surface area (Å²) in [5, 5.41) is 21.8. The quantitative estimate of drug-likeness (QED) is 0.141. The molecule has 1 atom stereocenters. The van der Waals surface area contributed by atoms with Crippen LogP contribution in [0.1, 0.15) is 17.5 Å². The molecule has 0 unspecified atom stereocenters. The molecule has 0 bridgehead atoms. The van der Waals surface area contributed by atoms with Crippen LogP contribution < -0.4 is 10.5 Å². The van der Waals surface area contributed by atoms with Crippen LogP contribution in [0.15, 0.2) is 78.0 Å². The number of aromatic nitrogens is 1. The number of nitrogens with one attached hydrogen (secondary N) is 2. The molecule has 1 amide bonds. The topological polar surface area (TPSA) is 204 Å². The van der Waals surface area contributed by atoms with Crippen LogP contribution in [0.25, 0.3) is 11.1 Å². The number of alkyl halides is 6. The third-order valence-electron chi connectivity index (χ3n) is 5.85. The van der Waals surface area contributed by atoms with Crippen LogP contribution in [-0.4, -0.2) is 77.1 Å². The molecule has 0 radical (unpaired) electrons. The minimum atomic E-state index is -5.08. The lowest BCUT2D eigenvalue weighted by Gasteiger charge is -2.18. The minimum absolute atomic E-state index is 0.0419. The number of hydrogen-bond donors (Lipinski definition) is 5. The molecule has 1 aliphatic heterocycles. The molecule has 0 saturated carbocycles. The molecule has 1 aliphatic rings. The summed E-state index contributed by atoms with van der Waals surface area (Å²) < 4.78 is 91.7. The molecule has 12 nitrogen and oxygen atoms in total. The van der Waals surface area contributed by atoms with Crippen LogP contribution >= 0.6 is 0 Å². The number of benzene rings is 2. The predicted octanol–water partition coefficient (Wildman–Crippen LogP) is 3.38. The normalized spacial score (nSPS) is 14.8. The number of hydrogen-bond acceptors (Lipinski definition) is 7. The second-order valence-electron chi connectivity index (χ2n) is 9.21. The molecule has 2 aromatic carbocycles. The third-order valence-corrected chi connectivity index (χ3v) is 7.34. The second kappa shape index (κ2) is 15.3. The first-order chi connectivity index (χ1) is 21.2. The minimum Gasteiger partial charge on any atom is -0.475 e. The molecule has 1 aromatic heterocycles. The van der Waals surface area contributed by atoms with E-state index >= 15 is 0 Å². The van der Waals surface area contributed by atoms with E-state index in [2.05, 4.69) is 9.71 Å². The third kappa shape index (κ3) is 11.1. The SMILES string of the molecule is N=C(N)c1cccc(CN2CC[C@H](NS(=O)(=O)c3ccc(-c4cccnc4)cc3)C2=O)c1.O=C(O)C(F)(F)F.O=C(O)C(F)(F)F. The zero-order valence-electron chi connectivity index (χ0n) is 23.2. The van der Waals surface area contributed by atoms with Crippen molar-refractivity contribution in [1.82, 2.24) is 14.6 Å². The van der Waals surface area contributed by atoms with E-state index in [1.54, 1.807) is 47.6 Å². The van der Waals surface area contributed by atoms with Gasteiger partial charge in [-0.1, -0.05) is 36.4 Å². The number of carbonyl (C=O) groups is 3. The summed E-state index contributed by atoms with van der Waals surface area (Å²) >= 11 is 0. The highest BCUT2D eigenvalue weighted by atomic mass is 32.2. The molecular formula is C27H25F6N5O7S. The highest BCUT2D eigenvalue weighted by Gasteiger charge is 2.39. The number of rotatable bonds is 7. The molecule has 3 aromatic rings. The molecule has 1 fully saturated rings. The number of aliphatic carboxylic acids is 2. The van der Waals surface area contributed by atoms with Crippen LogP contribution in [0, 0.1) is 5.41 Å². The molecule has 0 aliphatic carbocycles. The number of amides is 1. The van der Waals surface area contributed by atoms with E-state index in [1.165, 1.54) is 12.1 Å². The van der Waals surface area contributed by atoms with Crippen LogP contribution in [-0.2, 0) is 31.0 Å². The average molecular weight is 678 g/mol. The fourth-order valence-electron chi connectivity index (χ4n) is 3.68. The van der Waals surface area contributed by atoms with Crippen molar-refractivity contribution >= 4 is 33.7 Å². The monoisotopic (exact) mass is 677 g/mol. The second-order valence-corrected chi connectivity index (χ2v) is 10.9. The molecule has 0 spiro atoms. The zero-order valence-corrected chi connectivity index (χ0v) is 24.0. The van der Waals surface area contributed by atoms with Gasteiger partial charge in [-0.25, -0.2) is 18.0 Å². The van der Waals surface area contributed by atoms with Gasteiger partial charge < -0.3 is 20.8 Å². The van der Waals surface area contributed by atoms with Gasteiger partial charge in [-0.15, -0.1) is 0 Å². The van der Waals surface area contributed by atoms with Gasteiger partial charge >= 0.3 is 24.3 Å². The maximum atomic E-state index is 12.8. The summed E-state index contributed by atoms with van der Waals surface area (Å²) in [5.74, 6) is -5.83. The first-order valence-electron chi connectivity index (χ1n) is 12.6. The Bertz CT molecular complexity index is 1630. The summed E-state index contributed by atoms with van der Waals surface area (Å²) in [7, 11) is -3.85. The number of nitrogens with zero attached hydrogens (tertiary/aromatic N) is 2. The summed E-state index contributed by atoms with van der Waals surface area (Å²) in [5.41, 5.74) is 8.69. The number of nitrogens with two attached hydrogens (primary N) is 1. The van der Waals surface area contributed by atoms with Gasteiger partial charge in [-0.2, -0.15) is 31.1 Å². The van der Waals surface area contributed by atoms with Crippen molar-refractivity contribution in [2.75, 3.05) is 6.54 Å². The number of carboxylic acids is 2. The fraction of sp³-hybridized carbons (Fsp3) is 0.222. The van der Waals surface area contributed by atoms with E-state index in [-0.39, 0.29) is 16.6 Å². The summed E-state index contributed by atoms with van der Waals surface area (Å²) in [6.07, 6.45) is -6.40. The Morgan fingerprint density at radius 1 is 0.957 bits per heavy atom. The van der Waals surface area contributed by atoms with Crippen molar-refractivity contribution in [3.8, 4) is 11.1 Å². The largest absolute Gasteiger partial charge is 0.490 e. The maximum absolute atomic E-state index is 12.8. The van der Waals surface area contributed by atoms with Gasteiger partial charge in [0.2, 0.25) is 15.9 Å². The molecule has 19 heteroatoms. The first-order valence-corrected chi connectivity index (χ1v) is 14.1. The lowest BCUT2D eigenvalue weighted by molar-refractivity contribution is -0.193. The van der Waals surface area contributed by atoms with Gasteiger partial charge in [0, 0.05) is 31.0 Å². The van der Waals surface area contributed by atoms with Crippen molar-refractivity contribution in [3.05, 3.63) is 84.2 Å². The lowest BCUT2D eigenvalue weighted by atomic mass is 10.1. The van der Waals surface area contributed by atoms with Crippen molar-refractivity contribution < 1.29 is 59.4 Å². The summed E-state index contributed by atoms with van der Waals surface area (Å²) in [6.45, 7) is 0.772.